The van der Waals surface area contributed by atoms with Crippen LogP contribution in [0.3, 0.4) is 0 Å². The van der Waals surface area contributed by atoms with E-state index in [9.17, 15) is 9.90 Å². The number of thiophene rings is 1. The first-order valence-corrected chi connectivity index (χ1v) is 12.5. The van der Waals surface area contributed by atoms with Gasteiger partial charge in [-0.15, -0.1) is 11.3 Å². The number of nitrogens with one attached hydrogen (secondary N) is 2. The number of carbonyl (C=O) groups is 1. The molecule has 3 N–H and O–H groups in total. The van der Waals surface area contributed by atoms with Gasteiger partial charge in [0.15, 0.2) is 0 Å². The largest absolute Gasteiger partial charge is 0.393 e. The number of halogens is 1. The van der Waals surface area contributed by atoms with Gasteiger partial charge in [-0.25, -0.2) is 9.97 Å². The first kappa shape index (κ1) is 22.5. The maximum Gasteiger partial charge on any atom is 0.208 e. The van der Waals surface area contributed by atoms with Crippen LogP contribution in [0.25, 0.3) is 0 Å². The van der Waals surface area contributed by atoms with Crippen molar-refractivity contribution in [3.05, 3.63) is 73.8 Å². The zero-order chi connectivity index (χ0) is 23.1. The standard InChI is InChI=1S/C25H27ClN4O2S/c1-13-7-17(9-21(13)31)30-25-20(11-27-12-29-25)24(32)22-10-18(14(2)33-22)23-19-8-16(26)4-3-15(19)5-6-28-23/h3-4,8,10-13,17,21,23,28,31H,5-7,9H2,1-2H3,(H,27,29,30)/t13-,17-,21+,23+/m1/s1. The molecule has 0 saturated heterocycles. The van der Waals surface area contributed by atoms with Crippen LogP contribution < -0.4 is 10.6 Å². The Labute approximate surface area is 202 Å². The minimum absolute atomic E-state index is 0.0105. The van der Waals surface area contributed by atoms with Crippen LogP contribution >= 0.6 is 22.9 Å². The molecule has 4 atom stereocenters. The van der Waals surface area contributed by atoms with Gasteiger partial charge in [0, 0.05) is 28.7 Å². The van der Waals surface area contributed by atoms with Crippen LogP contribution in [0, 0.1) is 12.8 Å². The molecular formula is C25H27ClN4O2S. The Morgan fingerprint density at radius 2 is 2.12 bits per heavy atom. The summed E-state index contributed by atoms with van der Waals surface area (Å²) in [4.78, 5) is 23.7. The molecule has 172 valence electrons. The Morgan fingerprint density at radius 1 is 1.27 bits per heavy atom. The summed E-state index contributed by atoms with van der Waals surface area (Å²) in [6.45, 7) is 4.97. The van der Waals surface area contributed by atoms with Crippen LogP contribution in [-0.4, -0.2) is 39.5 Å². The average molecular weight is 483 g/mol. The summed E-state index contributed by atoms with van der Waals surface area (Å²) in [7, 11) is 0. The predicted octanol–water partition coefficient (Wildman–Crippen LogP) is 4.54. The summed E-state index contributed by atoms with van der Waals surface area (Å²) in [5, 5.41) is 17.8. The SMILES string of the molecule is Cc1sc(C(=O)c2cncnc2N[C@@H]2C[C@@H](C)[C@@H](O)C2)cc1[C@@H]1NCCc2ccc(Cl)cc21. The van der Waals surface area contributed by atoms with Gasteiger partial charge in [-0.2, -0.15) is 0 Å². The molecular weight excluding hydrogens is 456 g/mol. The first-order valence-electron chi connectivity index (χ1n) is 11.3. The summed E-state index contributed by atoms with van der Waals surface area (Å²) in [6.07, 6.45) is 5.15. The predicted molar refractivity (Wildman–Crippen MR) is 131 cm³/mol. The normalized spacial score (nSPS) is 24.5. The highest BCUT2D eigenvalue weighted by molar-refractivity contribution is 7.14. The topological polar surface area (TPSA) is 87.1 Å². The van der Waals surface area contributed by atoms with Crippen molar-refractivity contribution in [3.63, 3.8) is 0 Å². The molecule has 1 fully saturated rings. The number of benzene rings is 1. The third-order valence-electron chi connectivity index (χ3n) is 6.79. The van der Waals surface area contributed by atoms with Gasteiger partial charge in [-0.05, 0) is 67.0 Å². The fourth-order valence-corrected chi connectivity index (χ4v) is 6.17. The molecule has 0 unspecified atom stereocenters. The minimum Gasteiger partial charge on any atom is -0.393 e. The second-order valence-electron chi connectivity index (χ2n) is 9.07. The first-order chi connectivity index (χ1) is 15.9. The maximum absolute atomic E-state index is 13.5. The number of hydrogen-bond acceptors (Lipinski definition) is 7. The molecule has 1 saturated carbocycles. The second kappa shape index (κ2) is 9.14. The lowest BCUT2D eigenvalue weighted by Crippen LogP contribution is -2.30. The molecule has 5 rings (SSSR count). The van der Waals surface area contributed by atoms with Crippen LogP contribution in [0.2, 0.25) is 5.02 Å². The van der Waals surface area contributed by atoms with Gasteiger partial charge in [0.1, 0.15) is 12.1 Å². The molecule has 8 heteroatoms. The van der Waals surface area contributed by atoms with Crippen LogP contribution in [0.1, 0.15) is 62.6 Å². The Balaban J connectivity index is 1.43. The van der Waals surface area contributed by atoms with Crippen molar-refractivity contribution in [1.29, 1.82) is 0 Å². The lowest BCUT2D eigenvalue weighted by atomic mass is 9.90. The van der Waals surface area contributed by atoms with E-state index in [1.807, 2.05) is 25.1 Å². The van der Waals surface area contributed by atoms with E-state index >= 15 is 0 Å². The molecule has 3 aromatic rings. The quantitative estimate of drug-likeness (QED) is 0.463. The maximum atomic E-state index is 13.5. The molecule has 1 aromatic carbocycles. The Morgan fingerprint density at radius 3 is 2.91 bits per heavy atom. The number of nitrogens with zero attached hydrogens (tertiary/aromatic N) is 2. The molecule has 0 amide bonds. The van der Waals surface area contributed by atoms with E-state index in [-0.39, 0.29) is 29.9 Å². The Hall–Kier alpha value is -2.32. The molecule has 0 spiro atoms. The molecule has 3 heterocycles. The van der Waals surface area contributed by atoms with Crippen molar-refractivity contribution in [2.45, 2.75) is 51.3 Å². The van der Waals surface area contributed by atoms with Gasteiger partial charge in [0.25, 0.3) is 0 Å². The number of carbonyl (C=O) groups excluding carboxylic acids is 1. The van der Waals surface area contributed by atoms with Gasteiger partial charge in [-0.1, -0.05) is 24.6 Å². The van der Waals surface area contributed by atoms with E-state index < -0.39 is 0 Å². The van der Waals surface area contributed by atoms with Crippen LogP contribution in [0.4, 0.5) is 5.82 Å². The van der Waals surface area contributed by atoms with Crippen molar-refractivity contribution in [2.75, 3.05) is 11.9 Å². The van der Waals surface area contributed by atoms with Crippen molar-refractivity contribution in [2.24, 2.45) is 5.92 Å². The van der Waals surface area contributed by atoms with Gasteiger partial charge in [0.2, 0.25) is 5.78 Å². The van der Waals surface area contributed by atoms with Crippen LogP contribution in [0.15, 0.2) is 36.8 Å². The second-order valence-corrected chi connectivity index (χ2v) is 10.8. The number of aliphatic hydroxyl groups excluding tert-OH is 1. The van der Waals surface area contributed by atoms with E-state index in [1.54, 1.807) is 6.20 Å². The summed E-state index contributed by atoms with van der Waals surface area (Å²) in [5.41, 5.74) is 4.02. The van der Waals surface area contributed by atoms with Gasteiger partial charge < -0.3 is 15.7 Å². The highest BCUT2D eigenvalue weighted by Gasteiger charge is 2.31. The zero-order valence-electron chi connectivity index (χ0n) is 18.6. The zero-order valence-corrected chi connectivity index (χ0v) is 20.2. The van der Waals surface area contributed by atoms with Gasteiger partial charge >= 0.3 is 0 Å². The number of rotatable bonds is 5. The third kappa shape index (κ3) is 4.43. The van der Waals surface area contributed by atoms with Crippen molar-refractivity contribution in [3.8, 4) is 0 Å². The minimum atomic E-state index is -0.328. The van der Waals surface area contributed by atoms with E-state index in [1.165, 1.54) is 28.8 Å². The molecule has 6 nitrogen and oxygen atoms in total. The van der Waals surface area contributed by atoms with Crippen molar-refractivity contribution >= 4 is 34.5 Å². The number of ketones is 1. The molecule has 33 heavy (non-hydrogen) atoms. The number of hydrogen-bond donors (Lipinski definition) is 3. The molecule has 1 aliphatic carbocycles. The van der Waals surface area contributed by atoms with E-state index in [2.05, 4.69) is 33.6 Å². The number of anilines is 1. The molecule has 2 aliphatic rings. The van der Waals surface area contributed by atoms with Crippen molar-refractivity contribution < 1.29 is 9.90 Å². The monoisotopic (exact) mass is 482 g/mol. The lowest BCUT2D eigenvalue weighted by Gasteiger charge is -2.27. The Kier molecular flexibility index (Phi) is 6.22. The Bertz CT molecular complexity index is 1190. The molecule has 2 aromatic heterocycles. The fourth-order valence-electron chi connectivity index (χ4n) is 4.98. The van der Waals surface area contributed by atoms with E-state index in [0.717, 1.165) is 34.8 Å². The number of aryl methyl sites for hydroxylation is 1. The highest BCUT2D eigenvalue weighted by Crippen LogP contribution is 2.37. The van der Waals surface area contributed by atoms with E-state index in [0.29, 0.717) is 22.7 Å². The van der Waals surface area contributed by atoms with Crippen LogP contribution in [0.5, 0.6) is 0 Å². The summed E-state index contributed by atoms with van der Waals surface area (Å²) in [6, 6.07) is 8.15. The summed E-state index contributed by atoms with van der Waals surface area (Å²) < 4.78 is 0. The fraction of sp³-hybridized carbons (Fsp3) is 0.400. The van der Waals surface area contributed by atoms with Crippen LogP contribution in [-0.2, 0) is 6.42 Å². The average Bonchev–Trinajstić information content (AvgIpc) is 3.34. The number of aromatic nitrogens is 2. The van der Waals surface area contributed by atoms with Gasteiger partial charge in [-0.3, -0.25) is 4.79 Å². The molecule has 0 bridgehead atoms. The highest BCUT2D eigenvalue weighted by atomic mass is 35.5. The van der Waals surface area contributed by atoms with Gasteiger partial charge in [0.05, 0.1) is 22.6 Å². The number of aliphatic hydroxyl groups is 1. The summed E-state index contributed by atoms with van der Waals surface area (Å²) >= 11 is 7.79. The number of fused-ring (bicyclic) bond motifs is 1. The molecule has 1 aliphatic heterocycles. The molecule has 0 radical (unpaired) electrons. The summed E-state index contributed by atoms with van der Waals surface area (Å²) in [5.74, 6) is 0.665. The lowest BCUT2D eigenvalue weighted by molar-refractivity contribution is 0.104. The third-order valence-corrected chi connectivity index (χ3v) is 8.09. The van der Waals surface area contributed by atoms with E-state index in [4.69, 9.17) is 11.6 Å². The van der Waals surface area contributed by atoms with Crippen molar-refractivity contribution in [1.82, 2.24) is 15.3 Å². The smallest absolute Gasteiger partial charge is 0.208 e.